The van der Waals surface area contributed by atoms with Gasteiger partial charge in [0.2, 0.25) is 0 Å². The summed E-state index contributed by atoms with van der Waals surface area (Å²) in [4.78, 5) is 4.04. The summed E-state index contributed by atoms with van der Waals surface area (Å²) in [5.41, 5.74) is 0. The number of halogens is 1. The van der Waals surface area contributed by atoms with Gasteiger partial charge in [0.25, 0.3) is 0 Å². The van der Waals surface area contributed by atoms with Crippen LogP contribution < -0.4 is 5.32 Å². The normalized spacial score (nSPS) is 27.2. The minimum absolute atomic E-state index is 0.642. The fourth-order valence-corrected chi connectivity index (χ4v) is 3.63. The van der Waals surface area contributed by atoms with Crippen molar-refractivity contribution < 1.29 is 0 Å². The average molecular weight is 303 g/mol. The molecule has 0 bridgehead atoms. The Bertz CT molecular complexity index is 340. The Morgan fingerprint density at radius 2 is 2.38 bits per heavy atom. The zero-order valence-electron chi connectivity index (χ0n) is 9.87. The van der Waals surface area contributed by atoms with Gasteiger partial charge in [-0.15, -0.1) is 11.3 Å². The van der Waals surface area contributed by atoms with Crippen molar-refractivity contribution in [3.05, 3.63) is 20.8 Å². The van der Waals surface area contributed by atoms with E-state index in [4.69, 9.17) is 0 Å². The highest BCUT2D eigenvalue weighted by atomic mass is 79.9. The zero-order chi connectivity index (χ0) is 11.5. The van der Waals surface area contributed by atoms with Gasteiger partial charge in [0.15, 0.2) is 0 Å². The predicted octanol–water partition coefficient (Wildman–Crippen LogP) is 3.08. The number of rotatable bonds is 3. The first kappa shape index (κ1) is 12.6. The lowest BCUT2D eigenvalue weighted by molar-refractivity contribution is 0.133. The molecule has 2 atom stereocenters. The second-order valence-electron chi connectivity index (χ2n) is 4.50. The van der Waals surface area contributed by atoms with Crippen LogP contribution in [0.15, 0.2) is 15.9 Å². The van der Waals surface area contributed by atoms with E-state index >= 15 is 0 Å². The first-order chi connectivity index (χ1) is 7.69. The molecule has 1 aliphatic heterocycles. The number of nitrogens with one attached hydrogen (secondary N) is 1. The van der Waals surface area contributed by atoms with Gasteiger partial charge in [0.1, 0.15) is 0 Å². The molecule has 90 valence electrons. The van der Waals surface area contributed by atoms with Crippen LogP contribution in [0.25, 0.3) is 0 Å². The highest BCUT2D eigenvalue weighted by molar-refractivity contribution is 9.11. The highest BCUT2D eigenvalue weighted by Gasteiger charge is 2.23. The van der Waals surface area contributed by atoms with Crippen LogP contribution in [-0.2, 0) is 6.54 Å². The van der Waals surface area contributed by atoms with Crippen LogP contribution in [-0.4, -0.2) is 30.1 Å². The monoisotopic (exact) mass is 302 g/mol. The van der Waals surface area contributed by atoms with E-state index in [0.29, 0.717) is 12.1 Å². The van der Waals surface area contributed by atoms with Crippen LogP contribution in [0.2, 0.25) is 0 Å². The minimum Gasteiger partial charge on any atom is -0.311 e. The Morgan fingerprint density at radius 1 is 1.56 bits per heavy atom. The van der Waals surface area contributed by atoms with E-state index in [1.54, 1.807) is 0 Å². The van der Waals surface area contributed by atoms with Crippen molar-refractivity contribution in [2.75, 3.05) is 13.1 Å². The summed E-state index contributed by atoms with van der Waals surface area (Å²) in [5.74, 6) is 0. The molecule has 4 heteroatoms. The van der Waals surface area contributed by atoms with Crippen molar-refractivity contribution >= 4 is 27.3 Å². The molecule has 2 nitrogen and oxygen atoms in total. The fraction of sp³-hybridized carbons (Fsp3) is 0.667. The summed E-state index contributed by atoms with van der Waals surface area (Å²) in [6.45, 7) is 7.95. The molecule has 1 fully saturated rings. The first-order valence-corrected chi connectivity index (χ1v) is 7.51. The molecular formula is C12H19BrN2S. The largest absolute Gasteiger partial charge is 0.311 e. The van der Waals surface area contributed by atoms with Gasteiger partial charge < -0.3 is 5.32 Å². The van der Waals surface area contributed by atoms with Crippen molar-refractivity contribution in [2.24, 2.45) is 0 Å². The third kappa shape index (κ3) is 3.06. The summed E-state index contributed by atoms with van der Waals surface area (Å²) in [5, 5.41) is 3.59. The summed E-state index contributed by atoms with van der Waals surface area (Å²) < 4.78 is 1.23. The van der Waals surface area contributed by atoms with Gasteiger partial charge in [-0.2, -0.15) is 0 Å². The SMILES string of the molecule is CCC1CN(Cc2ccc(Br)s2)C(C)CN1. The maximum Gasteiger partial charge on any atom is 0.0701 e. The molecule has 0 amide bonds. The van der Waals surface area contributed by atoms with E-state index in [-0.39, 0.29) is 0 Å². The standard InChI is InChI=1S/C12H19BrN2S/c1-3-10-7-15(9(2)6-14-10)8-11-4-5-12(13)16-11/h4-5,9-10,14H,3,6-8H2,1-2H3. The lowest BCUT2D eigenvalue weighted by Gasteiger charge is -2.38. The van der Waals surface area contributed by atoms with Crippen molar-refractivity contribution in [3.8, 4) is 0 Å². The number of nitrogens with zero attached hydrogens (tertiary/aromatic N) is 1. The van der Waals surface area contributed by atoms with Gasteiger partial charge in [-0.1, -0.05) is 6.92 Å². The maximum atomic E-state index is 3.59. The Kier molecular flexibility index (Phi) is 4.41. The van der Waals surface area contributed by atoms with Gasteiger partial charge in [-0.3, -0.25) is 4.90 Å². The molecule has 0 radical (unpaired) electrons. The summed E-state index contributed by atoms with van der Waals surface area (Å²) >= 11 is 5.37. The van der Waals surface area contributed by atoms with Crippen molar-refractivity contribution in [3.63, 3.8) is 0 Å². The third-order valence-electron chi connectivity index (χ3n) is 3.26. The summed E-state index contributed by atoms with van der Waals surface area (Å²) in [7, 11) is 0. The van der Waals surface area contributed by atoms with E-state index < -0.39 is 0 Å². The number of thiophene rings is 1. The molecule has 0 saturated carbocycles. The lowest BCUT2D eigenvalue weighted by Crippen LogP contribution is -2.54. The van der Waals surface area contributed by atoms with Crippen LogP contribution in [0.1, 0.15) is 25.1 Å². The molecular weight excluding hydrogens is 284 g/mol. The Balaban J connectivity index is 1.96. The van der Waals surface area contributed by atoms with Gasteiger partial charge >= 0.3 is 0 Å². The number of hydrogen-bond acceptors (Lipinski definition) is 3. The average Bonchev–Trinajstić information content (AvgIpc) is 2.67. The second kappa shape index (κ2) is 5.63. The number of hydrogen-bond donors (Lipinski definition) is 1. The van der Waals surface area contributed by atoms with E-state index in [1.165, 1.54) is 21.6 Å². The smallest absolute Gasteiger partial charge is 0.0701 e. The molecule has 1 N–H and O–H groups in total. The molecule has 1 aromatic rings. The minimum atomic E-state index is 0.642. The highest BCUT2D eigenvalue weighted by Crippen LogP contribution is 2.24. The quantitative estimate of drug-likeness (QED) is 0.923. The van der Waals surface area contributed by atoms with Gasteiger partial charge in [0.05, 0.1) is 3.79 Å². The van der Waals surface area contributed by atoms with Crippen LogP contribution in [0.4, 0.5) is 0 Å². The van der Waals surface area contributed by atoms with Crippen LogP contribution in [0, 0.1) is 0 Å². The number of piperazine rings is 1. The molecule has 16 heavy (non-hydrogen) atoms. The van der Waals surface area contributed by atoms with Crippen LogP contribution >= 0.6 is 27.3 Å². The Labute approximate surface area is 110 Å². The van der Waals surface area contributed by atoms with E-state index in [0.717, 1.165) is 13.1 Å². The molecule has 0 aromatic carbocycles. The second-order valence-corrected chi connectivity index (χ2v) is 7.05. The van der Waals surface area contributed by atoms with E-state index in [1.807, 2.05) is 11.3 Å². The van der Waals surface area contributed by atoms with E-state index in [2.05, 4.69) is 52.1 Å². The molecule has 1 saturated heterocycles. The van der Waals surface area contributed by atoms with Crippen molar-refractivity contribution in [2.45, 2.75) is 38.9 Å². The van der Waals surface area contributed by atoms with Crippen molar-refractivity contribution in [1.29, 1.82) is 0 Å². The predicted molar refractivity (Wildman–Crippen MR) is 74.0 cm³/mol. The van der Waals surface area contributed by atoms with Gasteiger partial charge in [-0.05, 0) is 41.4 Å². The molecule has 0 spiro atoms. The van der Waals surface area contributed by atoms with Gasteiger partial charge in [0, 0.05) is 36.6 Å². The molecule has 2 heterocycles. The maximum absolute atomic E-state index is 3.59. The lowest BCUT2D eigenvalue weighted by atomic mass is 10.1. The topological polar surface area (TPSA) is 15.3 Å². The third-order valence-corrected chi connectivity index (χ3v) is 4.87. The molecule has 2 rings (SSSR count). The summed E-state index contributed by atoms with van der Waals surface area (Å²) in [6.07, 6.45) is 1.22. The summed E-state index contributed by atoms with van der Waals surface area (Å²) in [6, 6.07) is 5.68. The Hall–Kier alpha value is 0.1000. The van der Waals surface area contributed by atoms with Crippen LogP contribution in [0.3, 0.4) is 0 Å². The van der Waals surface area contributed by atoms with Crippen LogP contribution in [0.5, 0.6) is 0 Å². The molecule has 1 aliphatic rings. The molecule has 1 aromatic heterocycles. The fourth-order valence-electron chi connectivity index (χ4n) is 2.12. The molecule has 0 aliphatic carbocycles. The molecule has 2 unspecified atom stereocenters. The Morgan fingerprint density at radius 3 is 3.00 bits per heavy atom. The van der Waals surface area contributed by atoms with Gasteiger partial charge in [-0.25, -0.2) is 0 Å². The van der Waals surface area contributed by atoms with Crippen molar-refractivity contribution in [1.82, 2.24) is 10.2 Å². The van der Waals surface area contributed by atoms with E-state index in [9.17, 15) is 0 Å². The first-order valence-electron chi connectivity index (χ1n) is 5.90. The zero-order valence-corrected chi connectivity index (χ0v) is 12.3.